The summed E-state index contributed by atoms with van der Waals surface area (Å²) in [5, 5.41) is 9.48. The summed E-state index contributed by atoms with van der Waals surface area (Å²) in [5.74, 6) is -0.668. The predicted molar refractivity (Wildman–Crippen MR) is 180 cm³/mol. The fourth-order valence-corrected chi connectivity index (χ4v) is 5.92. The lowest BCUT2D eigenvalue weighted by molar-refractivity contribution is -0.124. The van der Waals surface area contributed by atoms with Gasteiger partial charge in [0.05, 0.1) is 23.7 Å². The molecule has 0 bridgehead atoms. The van der Waals surface area contributed by atoms with E-state index in [1.165, 1.54) is 37.4 Å². The smallest absolute Gasteiger partial charge is 0.258 e. The van der Waals surface area contributed by atoms with Crippen molar-refractivity contribution >= 4 is 39.6 Å². The number of nitrogens with one attached hydrogen (secondary N) is 3. The van der Waals surface area contributed by atoms with Gasteiger partial charge in [-0.05, 0) is 78.6 Å². The van der Waals surface area contributed by atoms with Crippen LogP contribution in [0.15, 0.2) is 119 Å². The van der Waals surface area contributed by atoms with Gasteiger partial charge in [0.2, 0.25) is 15.9 Å². The average molecular weight is 656 g/mol. The molecular weight excluding hydrogens is 618 g/mol. The molecule has 4 aromatic rings. The van der Waals surface area contributed by atoms with E-state index in [0.717, 1.165) is 15.4 Å². The Balaban J connectivity index is 1.32. The summed E-state index contributed by atoms with van der Waals surface area (Å²) in [4.78, 5) is 36.5. The van der Waals surface area contributed by atoms with Crippen molar-refractivity contribution < 1.29 is 27.5 Å². The summed E-state index contributed by atoms with van der Waals surface area (Å²) in [6, 6.07) is 31.3. The second-order valence-electron chi connectivity index (χ2n) is 10.6. The molecule has 4 rings (SSSR count). The summed E-state index contributed by atoms with van der Waals surface area (Å²) in [5.41, 5.74) is 5.41. The van der Waals surface area contributed by atoms with Gasteiger partial charge in [-0.2, -0.15) is 9.41 Å². The van der Waals surface area contributed by atoms with E-state index in [1.807, 2.05) is 67.6 Å². The molecule has 0 spiro atoms. The minimum atomic E-state index is -4.06. The van der Waals surface area contributed by atoms with Crippen LogP contribution in [0.1, 0.15) is 36.6 Å². The number of sulfonamides is 1. The minimum absolute atomic E-state index is 0.0125. The van der Waals surface area contributed by atoms with Crippen molar-refractivity contribution in [2.75, 3.05) is 25.0 Å². The molecule has 0 saturated heterocycles. The van der Waals surface area contributed by atoms with Crippen LogP contribution >= 0.6 is 0 Å². The lowest BCUT2D eigenvalue weighted by atomic mass is 10.1. The predicted octanol–water partition coefficient (Wildman–Crippen LogP) is 4.28. The van der Waals surface area contributed by atoms with E-state index in [4.69, 9.17) is 4.74 Å². The standard InChI is InChI=1S/C35H37N5O6S/c1-26(30-11-7-4-8-12-30)37-35(43)25-46-32-17-13-29(14-18-32)23-36-39-34(42)24-40(22-21-28-9-5-3-6-10-28)47(44,45)33-19-15-31(16-20-33)38-27(2)41/h3-20,23,26H,21-22,24-25H2,1-2H3,(H,37,43)(H,38,41)(H,39,42)/b36-23-/t26-/m0/s1. The third kappa shape index (κ3) is 10.9. The molecule has 0 heterocycles. The molecule has 3 amide bonds. The van der Waals surface area contributed by atoms with E-state index in [0.29, 0.717) is 23.4 Å². The van der Waals surface area contributed by atoms with Crippen LogP contribution in [-0.4, -0.2) is 56.4 Å². The normalized spacial score (nSPS) is 12.0. The summed E-state index contributed by atoms with van der Waals surface area (Å²) in [7, 11) is -4.06. The number of hydrazone groups is 1. The van der Waals surface area contributed by atoms with Crippen LogP contribution in [0.2, 0.25) is 0 Å². The Morgan fingerprint density at radius 3 is 2.13 bits per heavy atom. The molecule has 0 aromatic heterocycles. The van der Waals surface area contributed by atoms with Gasteiger partial charge >= 0.3 is 0 Å². The fourth-order valence-electron chi connectivity index (χ4n) is 4.53. The molecular formula is C35H37N5O6S. The van der Waals surface area contributed by atoms with Gasteiger partial charge in [-0.15, -0.1) is 0 Å². The van der Waals surface area contributed by atoms with Crippen LogP contribution in [0.3, 0.4) is 0 Å². The van der Waals surface area contributed by atoms with Crippen LogP contribution in [0, 0.1) is 0 Å². The summed E-state index contributed by atoms with van der Waals surface area (Å²) >= 11 is 0. The lowest BCUT2D eigenvalue weighted by Gasteiger charge is -2.21. The maximum atomic E-state index is 13.5. The molecule has 12 heteroatoms. The number of benzene rings is 4. The molecule has 0 fully saturated rings. The van der Waals surface area contributed by atoms with E-state index >= 15 is 0 Å². The molecule has 0 aliphatic carbocycles. The Morgan fingerprint density at radius 2 is 1.49 bits per heavy atom. The van der Waals surface area contributed by atoms with Crippen molar-refractivity contribution in [2.24, 2.45) is 5.10 Å². The van der Waals surface area contributed by atoms with Gasteiger partial charge in [0, 0.05) is 19.2 Å². The van der Waals surface area contributed by atoms with Gasteiger partial charge in [0.15, 0.2) is 6.61 Å². The maximum Gasteiger partial charge on any atom is 0.258 e. The lowest BCUT2D eigenvalue weighted by Crippen LogP contribution is -2.40. The third-order valence-electron chi connectivity index (χ3n) is 6.96. The van der Waals surface area contributed by atoms with E-state index in [2.05, 4.69) is 21.2 Å². The Hall–Kier alpha value is -5.33. The van der Waals surface area contributed by atoms with Crippen LogP contribution in [0.4, 0.5) is 5.69 Å². The third-order valence-corrected chi connectivity index (χ3v) is 8.81. The van der Waals surface area contributed by atoms with Crippen molar-refractivity contribution in [2.45, 2.75) is 31.2 Å². The maximum absolute atomic E-state index is 13.5. The number of amides is 3. The number of hydrogen-bond donors (Lipinski definition) is 3. The summed E-state index contributed by atoms with van der Waals surface area (Å²) in [6.45, 7) is 2.71. The average Bonchev–Trinajstić information content (AvgIpc) is 3.07. The van der Waals surface area contributed by atoms with Crippen molar-refractivity contribution in [1.29, 1.82) is 0 Å². The van der Waals surface area contributed by atoms with Gasteiger partial charge in [-0.1, -0.05) is 60.7 Å². The van der Waals surface area contributed by atoms with Crippen LogP contribution in [0.25, 0.3) is 0 Å². The highest BCUT2D eigenvalue weighted by atomic mass is 32.2. The zero-order chi connectivity index (χ0) is 33.6. The van der Waals surface area contributed by atoms with Crippen molar-refractivity contribution in [3.05, 3.63) is 126 Å². The highest BCUT2D eigenvalue weighted by molar-refractivity contribution is 7.89. The highest BCUT2D eigenvalue weighted by Crippen LogP contribution is 2.19. The van der Waals surface area contributed by atoms with Gasteiger partial charge in [-0.25, -0.2) is 13.8 Å². The molecule has 3 N–H and O–H groups in total. The summed E-state index contributed by atoms with van der Waals surface area (Å²) < 4.78 is 33.8. The molecule has 0 aliphatic rings. The zero-order valence-electron chi connectivity index (χ0n) is 26.1. The second kappa shape index (κ2) is 16.8. The minimum Gasteiger partial charge on any atom is -0.484 e. The monoisotopic (exact) mass is 655 g/mol. The first kappa shape index (κ1) is 34.5. The van der Waals surface area contributed by atoms with E-state index in [-0.39, 0.29) is 35.9 Å². The second-order valence-corrected chi connectivity index (χ2v) is 12.6. The van der Waals surface area contributed by atoms with Gasteiger partial charge < -0.3 is 15.4 Å². The van der Waals surface area contributed by atoms with Crippen molar-refractivity contribution in [3.8, 4) is 5.75 Å². The Bertz CT molecular complexity index is 1770. The van der Waals surface area contributed by atoms with E-state index in [9.17, 15) is 22.8 Å². The van der Waals surface area contributed by atoms with Crippen molar-refractivity contribution in [1.82, 2.24) is 15.0 Å². The van der Waals surface area contributed by atoms with E-state index in [1.54, 1.807) is 24.3 Å². The summed E-state index contributed by atoms with van der Waals surface area (Å²) in [6.07, 6.45) is 1.81. The molecule has 4 aromatic carbocycles. The highest BCUT2D eigenvalue weighted by Gasteiger charge is 2.26. The number of ether oxygens (including phenoxy) is 1. The zero-order valence-corrected chi connectivity index (χ0v) is 26.9. The molecule has 47 heavy (non-hydrogen) atoms. The molecule has 0 unspecified atom stereocenters. The number of hydrogen-bond acceptors (Lipinski definition) is 7. The largest absolute Gasteiger partial charge is 0.484 e. The van der Waals surface area contributed by atoms with Crippen LogP contribution in [0.5, 0.6) is 5.75 Å². The number of carbonyl (C=O) groups is 3. The Kier molecular flexibility index (Phi) is 12.4. The Morgan fingerprint density at radius 1 is 0.851 bits per heavy atom. The number of anilines is 1. The number of carbonyl (C=O) groups excluding carboxylic acids is 3. The SMILES string of the molecule is CC(=O)Nc1ccc(S(=O)(=O)N(CCc2ccccc2)CC(=O)N/N=C\c2ccc(OCC(=O)N[C@@H](C)c3ccccc3)cc2)cc1. The molecule has 11 nitrogen and oxygen atoms in total. The first-order valence-corrected chi connectivity index (χ1v) is 16.3. The van der Waals surface area contributed by atoms with Gasteiger partial charge in [0.25, 0.3) is 11.8 Å². The number of rotatable bonds is 15. The van der Waals surface area contributed by atoms with Crippen LogP contribution < -0.4 is 20.8 Å². The molecule has 1 atom stereocenters. The van der Waals surface area contributed by atoms with Gasteiger partial charge in [0.1, 0.15) is 5.75 Å². The van der Waals surface area contributed by atoms with E-state index < -0.39 is 22.5 Å². The van der Waals surface area contributed by atoms with Crippen molar-refractivity contribution in [3.63, 3.8) is 0 Å². The molecule has 0 aliphatic heterocycles. The molecule has 0 saturated carbocycles. The quantitative estimate of drug-likeness (QED) is 0.129. The first-order valence-electron chi connectivity index (χ1n) is 14.9. The first-order chi connectivity index (χ1) is 22.6. The molecule has 0 radical (unpaired) electrons. The molecule has 244 valence electrons. The van der Waals surface area contributed by atoms with Crippen LogP contribution in [-0.2, 0) is 30.8 Å². The fraction of sp³-hybridized carbons (Fsp3) is 0.200. The number of nitrogens with zero attached hydrogens (tertiary/aromatic N) is 2. The topological polar surface area (TPSA) is 146 Å². The Labute approximate surface area is 274 Å². The van der Waals surface area contributed by atoms with Gasteiger partial charge in [-0.3, -0.25) is 14.4 Å².